The van der Waals surface area contributed by atoms with Crippen molar-refractivity contribution in [3.8, 4) is 0 Å². The number of amides is 1. The monoisotopic (exact) mass is 275 g/mol. The van der Waals surface area contributed by atoms with E-state index in [1.165, 1.54) is 4.90 Å². The maximum absolute atomic E-state index is 11.9. The van der Waals surface area contributed by atoms with Gasteiger partial charge in [-0.15, -0.1) is 11.8 Å². The highest BCUT2D eigenvalue weighted by Crippen LogP contribution is 2.18. The number of imidazole rings is 1. The van der Waals surface area contributed by atoms with Crippen LogP contribution in [0, 0.1) is 0 Å². The van der Waals surface area contributed by atoms with Gasteiger partial charge in [0.1, 0.15) is 5.82 Å². The largest absolute Gasteiger partial charge is 0.347 e. The number of aromatic nitrogens is 2. The van der Waals surface area contributed by atoms with Gasteiger partial charge in [0.25, 0.3) is 0 Å². The number of hydrogen-bond donors (Lipinski definition) is 1. The van der Waals surface area contributed by atoms with Crippen LogP contribution in [-0.4, -0.2) is 33.6 Å². The third-order valence-electron chi connectivity index (χ3n) is 2.70. The molecule has 1 aromatic carbocycles. The molecule has 0 aliphatic carbocycles. The Balaban J connectivity index is 1.72. The van der Waals surface area contributed by atoms with Crippen LogP contribution < -0.4 is 0 Å². The first kappa shape index (κ1) is 13.7. The molecule has 2 aromatic rings. The first-order valence-electron chi connectivity index (χ1n) is 6.16. The van der Waals surface area contributed by atoms with Gasteiger partial charge in [0.05, 0.1) is 6.54 Å². The van der Waals surface area contributed by atoms with Crippen LogP contribution in [0.3, 0.4) is 0 Å². The molecule has 5 heteroatoms. The highest BCUT2D eigenvalue weighted by atomic mass is 32.2. The topological polar surface area (TPSA) is 49.0 Å². The molecule has 0 bridgehead atoms. The predicted molar refractivity (Wildman–Crippen MR) is 76.8 cm³/mol. The number of thioether (sulfide) groups is 1. The predicted octanol–water partition coefficient (Wildman–Crippen LogP) is 2.55. The molecule has 1 N–H and O–H groups in total. The van der Waals surface area contributed by atoms with Gasteiger partial charge in [0.2, 0.25) is 5.91 Å². The number of nitrogens with one attached hydrogen (secondary N) is 1. The molecule has 0 saturated heterocycles. The van der Waals surface area contributed by atoms with Crippen molar-refractivity contribution in [2.24, 2.45) is 0 Å². The van der Waals surface area contributed by atoms with Crippen molar-refractivity contribution >= 4 is 17.7 Å². The number of H-pyrrole nitrogens is 1. The van der Waals surface area contributed by atoms with Crippen LogP contribution in [0.1, 0.15) is 12.2 Å². The Kier molecular flexibility index (Phi) is 5.03. The van der Waals surface area contributed by atoms with E-state index in [9.17, 15) is 4.79 Å². The first-order valence-corrected chi connectivity index (χ1v) is 7.14. The summed E-state index contributed by atoms with van der Waals surface area (Å²) in [7, 11) is 1.80. The molecule has 0 fully saturated rings. The third kappa shape index (κ3) is 4.44. The van der Waals surface area contributed by atoms with Crippen molar-refractivity contribution in [2.75, 3.05) is 12.8 Å². The van der Waals surface area contributed by atoms with Crippen LogP contribution in [-0.2, 0) is 11.3 Å². The van der Waals surface area contributed by atoms with Crippen LogP contribution in [0.25, 0.3) is 0 Å². The van der Waals surface area contributed by atoms with E-state index in [4.69, 9.17) is 0 Å². The Morgan fingerprint density at radius 1 is 1.37 bits per heavy atom. The van der Waals surface area contributed by atoms with Crippen molar-refractivity contribution in [2.45, 2.75) is 17.9 Å². The van der Waals surface area contributed by atoms with Gasteiger partial charge in [-0.3, -0.25) is 4.79 Å². The van der Waals surface area contributed by atoms with Crippen LogP contribution >= 0.6 is 11.8 Å². The van der Waals surface area contributed by atoms with E-state index in [1.807, 2.05) is 18.2 Å². The second-order valence-electron chi connectivity index (χ2n) is 4.20. The SMILES string of the molecule is CN(Cc1ncc[nH]1)C(=O)CCSc1ccccc1. The zero-order valence-electron chi connectivity index (χ0n) is 10.9. The molecule has 0 aliphatic heterocycles. The average molecular weight is 275 g/mol. The van der Waals surface area contributed by atoms with E-state index in [1.54, 1.807) is 36.1 Å². The van der Waals surface area contributed by atoms with E-state index < -0.39 is 0 Å². The fourth-order valence-electron chi connectivity index (χ4n) is 1.66. The minimum absolute atomic E-state index is 0.139. The molecular formula is C14H17N3OS. The lowest BCUT2D eigenvalue weighted by Gasteiger charge is -2.15. The number of hydrogen-bond acceptors (Lipinski definition) is 3. The maximum atomic E-state index is 11.9. The number of nitrogens with zero attached hydrogens (tertiary/aromatic N) is 2. The summed E-state index contributed by atoms with van der Waals surface area (Å²) >= 11 is 1.70. The van der Waals surface area contributed by atoms with Crippen molar-refractivity contribution in [3.05, 3.63) is 48.5 Å². The summed E-state index contributed by atoms with van der Waals surface area (Å²) in [6, 6.07) is 10.1. The molecule has 2 rings (SSSR count). The zero-order valence-corrected chi connectivity index (χ0v) is 11.7. The smallest absolute Gasteiger partial charge is 0.223 e. The molecule has 0 saturated carbocycles. The molecule has 0 aliphatic rings. The highest BCUT2D eigenvalue weighted by Gasteiger charge is 2.10. The van der Waals surface area contributed by atoms with Crippen LogP contribution in [0.2, 0.25) is 0 Å². The van der Waals surface area contributed by atoms with Gasteiger partial charge in [-0.2, -0.15) is 0 Å². The number of benzene rings is 1. The molecule has 1 aromatic heterocycles. The van der Waals surface area contributed by atoms with Crippen molar-refractivity contribution in [3.63, 3.8) is 0 Å². The standard InChI is InChI=1S/C14H17N3OS/c1-17(11-13-15-8-9-16-13)14(18)7-10-19-12-5-3-2-4-6-12/h2-6,8-9H,7,10-11H2,1H3,(H,15,16). The lowest BCUT2D eigenvalue weighted by atomic mass is 10.4. The summed E-state index contributed by atoms with van der Waals surface area (Å²) in [5.74, 6) is 1.75. The Bertz CT molecular complexity index is 499. The zero-order chi connectivity index (χ0) is 13.5. The molecule has 0 spiro atoms. The Labute approximate surface area is 117 Å². The fraction of sp³-hybridized carbons (Fsp3) is 0.286. The molecular weight excluding hydrogens is 258 g/mol. The van der Waals surface area contributed by atoms with Gasteiger partial charge >= 0.3 is 0 Å². The summed E-state index contributed by atoms with van der Waals surface area (Å²) in [5, 5.41) is 0. The van der Waals surface area contributed by atoms with E-state index in [0.717, 1.165) is 11.6 Å². The summed E-state index contributed by atoms with van der Waals surface area (Å²) in [5.41, 5.74) is 0. The summed E-state index contributed by atoms with van der Waals surface area (Å²) in [6.45, 7) is 0.530. The van der Waals surface area contributed by atoms with E-state index in [-0.39, 0.29) is 5.91 Å². The van der Waals surface area contributed by atoms with Crippen LogP contribution in [0.4, 0.5) is 0 Å². The highest BCUT2D eigenvalue weighted by molar-refractivity contribution is 7.99. The molecule has 4 nitrogen and oxygen atoms in total. The number of carbonyl (C=O) groups is 1. The second kappa shape index (κ2) is 6.99. The quantitative estimate of drug-likeness (QED) is 0.824. The first-order chi connectivity index (χ1) is 9.25. The van der Waals surface area contributed by atoms with E-state index >= 15 is 0 Å². The molecule has 19 heavy (non-hydrogen) atoms. The lowest BCUT2D eigenvalue weighted by Crippen LogP contribution is -2.26. The van der Waals surface area contributed by atoms with Gasteiger partial charge in [-0.25, -0.2) is 4.98 Å². The summed E-state index contributed by atoms with van der Waals surface area (Å²) in [6.07, 6.45) is 3.99. The Morgan fingerprint density at radius 3 is 2.84 bits per heavy atom. The minimum atomic E-state index is 0.139. The van der Waals surface area contributed by atoms with Gasteiger partial charge in [-0.1, -0.05) is 18.2 Å². The molecule has 1 heterocycles. The second-order valence-corrected chi connectivity index (χ2v) is 5.37. The number of carbonyl (C=O) groups excluding carboxylic acids is 1. The van der Waals surface area contributed by atoms with Crippen molar-refractivity contribution in [1.82, 2.24) is 14.9 Å². The third-order valence-corrected chi connectivity index (χ3v) is 3.71. The lowest BCUT2D eigenvalue weighted by molar-refractivity contribution is -0.130. The van der Waals surface area contributed by atoms with Gasteiger partial charge < -0.3 is 9.88 Å². The Morgan fingerprint density at radius 2 is 2.16 bits per heavy atom. The van der Waals surface area contributed by atoms with Crippen LogP contribution in [0.5, 0.6) is 0 Å². The number of aromatic amines is 1. The average Bonchev–Trinajstić information content (AvgIpc) is 2.92. The summed E-state index contributed by atoms with van der Waals surface area (Å²) < 4.78 is 0. The fourth-order valence-corrected chi connectivity index (χ4v) is 2.52. The summed E-state index contributed by atoms with van der Waals surface area (Å²) in [4.78, 5) is 21.9. The molecule has 100 valence electrons. The van der Waals surface area contributed by atoms with E-state index in [2.05, 4.69) is 22.1 Å². The molecule has 0 unspecified atom stereocenters. The molecule has 1 amide bonds. The Hall–Kier alpha value is -1.75. The van der Waals surface area contributed by atoms with Crippen molar-refractivity contribution < 1.29 is 4.79 Å². The van der Waals surface area contributed by atoms with Gasteiger partial charge in [0, 0.05) is 36.5 Å². The maximum Gasteiger partial charge on any atom is 0.223 e. The van der Waals surface area contributed by atoms with Crippen molar-refractivity contribution in [1.29, 1.82) is 0 Å². The van der Waals surface area contributed by atoms with Gasteiger partial charge in [0.15, 0.2) is 0 Å². The normalized spacial score (nSPS) is 10.4. The van der Waals surface area contributed by atoms with E-state index in [0.29, 0.717) is 13.0 Å². The van der Waals surface area contributed by atoms with Gasteiger partial charge in [-0.05, 0) is 12.1 Å². The molecule has 0 atom stereocenters. The molecule has 0 radical (unpaired) electrons. The minimum Gasteiger partial charge on any atom is -0.347 e. The number of rotatable bonds is 6. The van der Waals surface area contributed by atoms with Crippen LogP contribution in [0.15, 0.2) is 47.6 Å².